The van der Waals surface area contributed by atoms with Gasteiger partial charge < -0.3 is 0 Å². The molecule has 0 bridgehead atoms. The second-order valence-electron chi connectivity index (χ2n) is 5.97. The summed E-state index contributed by atoms with van der Waals surface area (Å²) in [5, 5.41) is 8.97. The minimum Gasteiger partial charge on any atom is -0.298 e. The zero-order valence-electron chi connectivity index (χ0n) is 14.9. The van der Waals surface area contributed by atoms with E-state index >= 15 is 0 Å². The van der Waals surface area contributed by atoms with Gasteiger partial charge >= 0.3 is 0 Å². The number of ketones is 1. The number of thioether (sulfide) groups is 1. The molecule has 0 spiro atoms. The summed E-state index contributed by atoms with van der Waals surface area (Å²) >= 11 is 7.13. The van der Waals surface area contributed by atoms with Crippen LogP contribution in [0.1, 0.15) is 17.3 Å². The van der Waals surface area contributed by atoms with E-state index in [1.54, 1.807) is 25.1 Å². The number of hydrogen-bond acceptors (Lipinski definition) is 4. The van der Waals surface area contributed by atoms with Gasteiger partial charge in [-0.3, -0.25) is 9.36 Å². The van der Waals surface area contributed by atoms with Crippen LogP contribution < -0.4 is 0 Å². The van der Waals surface area contributed by atoms with Gasteiger partial charge in [-0.25, -0.2) is 8.78 Å². The molecule has 0 amide bonds. The number of benzene rings is 2. The zero-order valence-corrected chi connectivity index (χ0v) is 16.5. The van der Waals surface area contributed by atoms with Gasteiger partial charge in [-0.05, 0) is 49.4 Å². The highest BCUT2D eigenvalue weighted by molar-refractivity contribution is 8.00. The van der Waals surface area contributed by atoms with E-state index in [9.17, 15) is 13.6 Å². The molecule has 0 saturated carbocycles. The van der Waals surface area contributed by atoms with Crippen molar-refractivity contribution in [1.29, 1.82) is 0 Å². The van der Waals surface area contributed by atoms with E-state index in [1.807, 2.05) is 16.7 Å². The van der Waals surface area contributed by atoms with Crippen LogP contribution in [0.15, 0.2) is 60.3 Å². The fourth-order valence-corrected chi connectivity index (χ4v) is 3.64. The minimum atomic E-state index is -1.05. The molecule has 0 fully saturated rings. The molecular formula is C20H16ClF2N3OS. The molecule has 0 unspecified atom stereocenters. The van der Waals surface area contributed by atoms with Crippen molar-refractivity contribution < 1.29 is 13.6 Å². The van der Waals surface area contributed by atoms with Crippen LogP contribution in [0, 0.1) is 11.6 Å². The van der Waals surface area contributed by atoms with E-state index in [0.29, 0.717) is 22.5 Å². The SMILES string of the molecule is C=CCn1c(S[C@@H](C)C(=O)c2ccc(F)c(F)c2)nnc1-c1ccc(Cl)cc1. The summed E-state index contributed by atoms with van der Waals surface area (Å²) in [6.07, 6.45) is 1.70. The Morgan fingerprint density at radius 1 is 1.21 bits per heavy atom. The van der Waals surface area contributed by atoms with E-state index in [0.717, 1.165) is 17.7 Å². The van der Waals surface area contributed by atoms with Crippen molar-refractivity contribution in [2.24, 2.45) is 0 Å². The van der Waals surface area contributed by atoms with Crippen LogP contribution in [-0.4, -0.2) is 25.8 Å². The van der Waals surface area contributed by atoms with E-state index in [2.05, 4.69) is 16.8 Å². The molecule has 1 heterocycles. The summed E-state index contributed by atoms with van der Waals surface area (Å²) in [6, 6.07) is 10.3. The Labute approximate surface area is 170 Å². The number of allylic oxidation sites excluding steroid dienone is 1. The maximum Gasteiger partial charge on any atom is 0.192 e. The highest BCUT2D eigenvalue weighted by Gasteiger charge is 2.22. The van der Waals surface area contributed by atoms with Crippen LogP contribution in [0.25, 0.3) is 11.4 Å². The summed E-state index contributed by atoms with van der Waals surface area (Å²) < 4.78 is 28.4. The molecule has 3 aromatic rings. The molecule has 4 nitrogen and oxygen atoms in total. The number of halogens is 3. The average Bonchev–Trinajstić information content (AvgIpc) is 3.06. The van der Waals surface area contributed by atoms with Gasteiger partial charge in [0.25, 0.3) is 0 Å². The van der Waals surface area contributed by atoms with Gasteiger partial charge in [-0.15, -0.1) is 16.8 Å². The van der Waals surface area contributed by atoms with Gasteiger partial charge in [-0.2, -0.15) is 0 Å². The lowest BCUT2D eigenvalue weighted by Crippen LogP contribution is -2.15. The first-order valence-electron chi connectivity index (χ1n) is 8.36. The molecule has 0 aliphatic rings. The Balaban J connectivity index is 1.86. The van der Waals surface area contributed by atoms with Crippen molar-refractivity contribution in [2.75, 3.05) is 0 Å². The molecular weight excluding hydrogens is 404 g/mol. The third-order valence-electron chi connectivity index (χ3n) is 3.99. The standard InChI is InChI=1S/C20H16ClF2N3OS/c1-3-10-26-19(13-4-7-15(21)8-5-13)24-25-20(26)28-12(2)18(27)14-6-9-16(22)17(23)11-14/h3-9,11-12H,1,10H2,2H3/t12-/m0/s1. The molecule has 1 atom stereocenters. The van der Waals surface area contributed by atoms with Crippen LogP contribution in [0.4, 0.5) is 8.78 Å². The number of Topliss-reactive ketones (excluding diaryl/α,β-unsaturated/α-hetero) is 1. The molecule has 0 aliphatic carbocycles. The Kier molecular flexibility index (Phi) is 6.26. The molecule has 8 heteroatoms. The number of carbonyl (C=O) groups excluding carboxylic acids is 1. The van der Waals surface area contributed by atoms with Crippen LogP contribution in [-0.2, 0) is 6.54 Å². The molecule has 0 aliphatic heterocycles. The third-order valence-corrected chi connectivity index (χ3v) is 5.32. The second-order valence-corrected chi connectivity index (χ2v) is 7.71. The second kappa shape index (κ2) is 8.67. The number of aromatic nitrogens is 3. The maximum absolute atomic E-state index is 13.4. The van der Waals surface area contributed by atoms with E-state index in [-0.39, 0.29) is 11.3 Å². The fraction of sp³-hybridized carbons (Fsp3) is 0.150. The van der Waals surface area contributed by atoms with Crippen LogP contribution in [0.3, 0.4) is 0 Å². The van der Waals surface area contributed by atoms with Gasteiger partial charge in [-0.1, -0.05) is 29.4 Å². The van der Waals surface area contributed by atoms with Gasteiger partial charge in [0.15, 0.2) is 28.4 Å². The van der Waals surface area contributed by atoms with Crippen LogP contribution in [0.2, 0.25) is 5.02 Å². The highest BCUT2D eigenvalue weighted by atomic mass is 35.5. The fourth-order valence-electron chi connectivity index (χ4n) is 2.58. The first-order valence-corrected chi connectivity index (χ1v) is 9.62. The van der Waals surface area contributed by atoms with Crippen molar-refractivity contribution in [1.82, 2.24) is 14.8 Å². The molecule has 1 aromatic heterocycles. The monoisotopic (exact) mass is 419 g/mol. The van der Waals surface area contributed by atoms with Gasteiger partial charge in [0.1, 0.15) is 0 Å². The number of carbonyl (C=O) groups is 1. The average molecular weight is 420 g/mol. The maximum atomic E-state index is 13.4. The van der Waals surface area contributed by atoms with Crippen LogP contribution >= 0.6 is 23.4 Å². The van der Waals surface area contributed by atoms with E-state index < -0.39 is 16.9 Å². The topological polar surface area (TPSA) is 47.8 Å². The molecule has 144 valence electrons. The lowest BCUT2D eigenvalue weighted by atomic mass is 10.1. The normalized spacial score (nSPS) is 12.0. The van der Waals surface area contributed by atoms with Crippen molar-refractivity contribution in [2.45, 2.75) is 23.9 Å². The predicted molar refractivity (Wildman–Crippen MR) is 107 cm³/mol. The molecule has 2 aromatic carbocycles. The summed E-state index contributed by atoms with van der Waals surface area (Å²) in [5.74, 6) is -1.75. The Morgan fingerprint density at radius 2 is 1.93 bits per heavy atom. The van der Waals surface area contributed by atoms with Crippen LogP contribution in [0.5, 0.6) is 0 Å². The molecule has 0 N–H and O–H groups in total. The smallest absolute Gasteiger partial charge is 0.192 e. The lowest BCUT2D eigenvalue weighted by molar-refractivity contribution is 0.0993. The largest absolute Gasteiger partial charge is 0.298 e. The minimum absolute atomic E-state index is 0.103. The summed E-state index contributed by atoms with van der Waals surface area (Å²) in [5.41, 5.74) is 0.928. The molecule has 0 radical (unpaired) electrons. The Morgan fingerprint density at radius 3 is 2.57 bits per heavy atom. The number of nitrogens with zero attached hydrogens (tertiary/aromatic N) is 3. The Hall–Kier alpha value is -2.51. The number of rotatable bonds is 7. The van der Waals surface area contributed by atoms with Gasteiger partial charge in [0.2, 0.25) is 0 Å². The third kappa shape index (κ3) is 4.31. The highest BCUT2D eigenvalue weighted by Crippen LogP contribution is 2.29. The summed E-state index contributed by atoms with van der Waals surface area (Å²) in [7, 11) is 0. The first-order chi connectivity index (χ1) is 13.4. The van der Waals surface area contributed by atoms with Crippen molar-refractivity contribution in [3.05, 3.63) is 77.3 Å². The molecule has 28 heavy (non-hydrogen) atoms. The van der Waals surface area contributed by atoms with Crippen molar-refractivity contribution >= 4 is 29.1 Å². The predicted octanol–water partition coefficient (Wildman–Crippen LogP) is 5.43. The van der Waals surface area contributed by atoms with Gasteiger partial charge in [0, 0.05) is 22.7 Å². The van der Waals surface area contributed by atoms with Crippen molar-refractivity contribution in [3.8, 4) is 11.4 Å². The lowest BCUT2D eigenvalue weighted by Gasteiger charge is -2.12. The zero-order chi connectivity index (χ0) is 20.3. The van der Waals surface area contributed by atoms with E-state index in [4.69, 9.17) is 11.6 Å². The van der Waals surface area contributed by atoms with E-state index in [1.165, 1.54) is 17.8 Å². The molecule has 3 rings (SSSR count). The van der Waals surface area contributed by atoms with Gasteiger partial charge in [0.05, 0.1) is 5.25 Å². The Bertz CT molecular complexity index is 1020. The quantitative estimate of drug-likeness (QED) is 0.291. The summed E-state index contributed by atoms with van der Waals surface area (Å²) in [6.45, 7) is 5.88. The first kappa shape index (κ1) is 20.2. The molecule has 0 saturated heterocycles. The van der Waals surface area contributed by atoms with Crippen molar-refractivity contribution in [3.63, 3.8) is 0 Å². The number of hydrogen-bond donors (Lipinski definition) is 0. The summed E-state index contributed by atoms with van der Waals surface area (Å²) in [4.78, 5) is 12.6.